The van der Waals surface area contributed by atoms with E-state index in [9.17, 15) is 9.59 Å². The van der Waals surface area contributed by atoms with Crippen molar-refractivity contribution in [1.82, 2.24) is 0 Å². The molecule has 1 fully saturated rings. The Kier molecular flexibility index (Phi) is 1.23. The van der Waals surface area contributed by atoms with E-state index in [1.165, 1.54) is 6.08 Å². The largest absolute Gasteiger partial charge is 0.391 e. The van der Waals surface area contributed by atoms with Crippen LogP contribution in [0.25, 0.3) is 0 Å². The zero-order valence-corrected chi connectivity index (χ0v) is 6.19. The van der Waals surface area contributed by atoms with Crippen LogP contribution < -0.4 is 5.73 Å². The Labute approximate surface area is 68.7 Å². The van der Waals surface area contributed by atoms with Crippen molar-refractivity contribution in [2.45, 2.75) is 5.54 Å². The monoisotopic (exact) mass is 165 g/mol. The molecular formula is C8H7NO3. The highest BCUT2D eigenvalue weighted by atomic mass is 16.6. The van der Waals surface area contributed by atoms with E-state index in [1.807, 2.05) is 0 Å². The van der Waals surface area contributed by atoms with Crippen LogP contribution in [0.3, 0.4) is 0 Å². The molecule has 12 heavy (non-hydrogen) atoms. The first-order valence-electron chi connectivity index (χ1n) is 3.55. The maximum absolute atomic E-state index is 11.1. The van der Waals surface area contributed by atoms with Crippen LogP contribution in [0.1, 0.15) is 0 Å². The highest BCUT2D eigenvalue weighted by Gasteiger charge is 2.53. The second kappa shape index (κ2) is 2.04. The fraction of sp³-hybridized carbons (Fsp3) is 0.250. The summed E-state index contributed by atoms with van der Waals surface area (Å²) in [5.74, 6) is -1.88. The zero-order valence-electron chi connectivity index (χ0n) is 6.19. The third-order valence-electron chi connectivity index (χ3n) is 2.10. The molecule has 2 atom stereocenters. The van der Waals surface area contributed by atoms with Gasteiger partial charge >= 0.3 is 11.9 Å². The van der Waals surface area contributed by atoms with Gasteiger partial charge in [0.2, 0.25) is 0 Å². The maximum Gasteiger partial charge on any atom is 0.339 e. The van der Waals surface area contributed by atoms with Crippen molar-refractivity contribution in [3.8, 4) is 0 Å². The molecule has 1 saturated heterocycles. The molecule has 0 aromatic heterocycles. The molecule has 4 nitrogen and oxygen atoms in total. The number of ether oxygens (including phenoxy) is 1. The van der Waals surface area contributed by atoms with Gasteiger partial charge in [-0.2, -0.15) is 0 Å². The van der Waals surface area contributed by atoms with Gasteiger partial charge in [0.05, 0.1) is 0 Å². The van der Waals surface area contributed by atoms with Gasteiger partial charge in [-0.05, 0) is 0 Å². The van der Waals surface area contributed by atoms with E-state index in [-0.39, 0.29) is 0 Å². The third-order valence-corrected chi connectivity index (χ3v) is 2.10. The molecule has 0 radical (unpaired) electrons. The second-order valence-electron chi connectivity index (χ2n) is 2.86. The van der Waals surface area contributed by atoms with Crippen molar-refractivity contribution in [2.75, 3.05) is 0 Å². The molecule has 1 heterocycles. The molecule has 0 bridgehead atoms. The lowest BCUT2D eigenvalue weighted by molar-refractivity contribution is -0.153. The van der Waals surface area contributed by atoms with Gasteiger partial charge in [-0.3, -0.25) is 4.79 Å². The second-order valence-corrected chi connectivity index (χ2v) is 2.86. The van der Waals surface area contributed by atoms with Gasteiger partial charge < -0.3 is 10.5 Å². The van der Waals surface area contributed by atoms with Crippen molar-refractivity contribution in [3.63, 3.8) is 0 Å². The molecule has 1 aliphatic carbocycles. The smallest absolute Gasteiger partial charge is 0.339 e. The number of rotatable bonds is 0. The summed E-state index contributed by atoms with van der Waals surface area (Å²) in [5.41, 5.74) is 4.41. The minimum Gasteiger partial charge on any atom is -0.391 e. The van der Waals surface area contributed by atoms with Gasteiger partial charge in [-0.25, -0.2) is 4.79 Å². The van der Waals surface area contributed by atoms with Gasteiger partial charge in [-0.15, -0.1) is 0 Å². The minimum absolute atomic E-state index is 0.567. The number of carbonyl (C=O) groups excluding carboxylic acids is 2. The quantitative estimate of drug-likeness (QED) is 0.388. The SMILES string of the molecule is NC12C=CC=CC1C(=O)OC2=O. The standard InChI is InChI=1S/C8H7NO3/c9-8-4-2-1-3-5(8)6(10)12-7(8)11/h1-5H,9H2. The molecule has 0 saturated carbocycles. The van der Waals surface area contributed by atoms with Crippen LogP contribution in [0.15, 0.2) is 24.3 Å². The lowest BCUT2D eigenvalue weighted by Crippen LogP contribution is -2.48. The minimum atomic E-state index is -1.26. The topological polar surface area (TPSA) is 69.4 Å². The summed E-state index contributed by atoms with van der Waals surface area (Å²) in [6.45, 7) is 0. The number of carbonyl (C=O) groups is 2. The van der Waals surface area contributed by atoms with Crippen LogP contribution in [0.4, 0.5) is 0 Å². The first kappa shape index (κ1) is 7.24. The predicted molar refractivity (Wildman–Crippen MR) is 39.8 cm³/mol. The van der Waals surface area contributed by atoms with E-state index in [4.69, 9.17) is 5.73 Å². The van der Waals surface area contributed by atoms with Crippen molar-refractivity contribution < 1.29 is 14.3 Å². The number of hydrogen-bond acceptors (Lipinski definition) is 4. The lowest BCUT2D eigenvalue weighted by atomic mass is 9.84. The summed E-state index contributed by atoms with van der Waals surface area (Å²) in [5, 5.41) is 0. The van der Waals surface area contributed by atoms with E-state index in [2.05, 4.69) is 4.74 Å². The van der Waals surface area contributed by atoms with Crippen LogP contribution in [-0.4, -0.2) is 17.5 Å². The summed E-state index contributed by atoms with van der Waals surface area (Å²) < 4.78 is 4.41. The third kappa shape index (κ3) is 0.698. The Hall–Kier alpha value is -1.42. The molecule has 0 aromatic rings. The first-order chi connectivity index (χ1) is 5.64. The highest BCUT2D eigenvalue weighted by molar-refractivity contribution is 6.04. The van der Waals surface area contributed by atoms with Crippen LogP contribution in [0.5, 0.6) is 0 Å². The normalized spacial score (nSPS) is 38.2. The van der Waals surface area contributed by atoms with Crippen molar-refractivity contribution in [3.05, 3.63) is 24.3 Å². The maximum atomic E-state index is 11.1. The van der Waals surface area contributed by atoms with Crippen LogP contribution in [-0.2, 0) is 14.3 Å². The number of nitrogens with two attached hydrogens (primary N) is 1. The van der Waals surface area contributed by atoms with Crippen LogP contribution in [0, 0.1) is 5.92 Å². The van der Waals surface area contributed by atoms with E-state index in [0.29, 0.717) is 0 Å². The molecule has 1 aliphatic heterocycles. The summed E-state index contributed by atoms with van der Waals surface area (Å²) in [4.78, 5) is 22.1. The van der Waals surface area contributed by atoms with Crippen LogP contribution >= 0.6 is 0 Å². The molecule has 2 aliphatic rings. The Morgan fingerprint density at radius 3 is 2.83 bits per heavy atom. The molecule has 0 spiro atoms. The lowest BCUT2D eigenvalue weighted by Gasteiger charge is -2.20. The van der Waals surface area contributed by atoms with Gasteiger partial charge in [0.15, 0.2) is 5.54 Å². The van der Waals surface area contributed by atoms with Gasteiger partial charge in [0.25, 0.3) is 0 Å². The number of fused-ring (bicyclic) bond motifs is 1. The summed E-state index contributed by atoms with van der Waals surface area (Å²) in [6.07, 6.45) is 6.38. The molecule has 2 N–H and O–H groups in total. The van der Waals surface area contributed by atoms with Gasteiger partial charge in [-0.1, -0.05) is 24.3 Å². The number of allylic oxidation sites excluding steroid dienone is 2. The summed E-state index contributed by atoms with van der Waals surface area (Å²) in [6, 6.07) is 0. The molecule has 62 valence electrons. The fourth-order valence-electron chi connectivity index (χ4n) is 1.36. The molecular weight excluding hydrogens is 158 g/mol. The van der Waals surface area contributed by atoms with Crippen molar-refractivity contribution in [1.29, 1.82) is 0 Å². The number of esters is 2. The summed E-state index contributed by atoms with van der Waals surface area (Å²) >= 11 is 0. The Bertz CT molecular complexity index is 318. The number of hydrogen-bond donors (Lipinski definition) is 1. The Morgan fingerprint density at radius 1 is 1.42 bits per heavy atom. The van der Waals surface area contributed by atoms with E-state index in [0.717, 1.165) is 0 Å². The predicted octanol–water partition coefficient (Wildman–Crippen LogP) is -0.491. The Balaban J connectivity index is 2.49. The molecule has 0 aromatic carbocycles. The van der Waals surface area contributed by atoms with E-state index >= 15 is 0 Å². The van der Waals surface area contributed by atoms with Crippen molar-refractivity contribution in [2.24, 2.45) is 11.7 Å². The average Bonchev–Trinajstić information content (AvgIpc) is 2.25. The first-order valence-corrected chi connectivity index (χ1v) is 3.55. The van der Waals surface area contributed by atoms with E-state index < -0.39 is 23.4 Å². The van der Waals surface area contributed by atoms with Crippen molar-refractivity contribution >= 4 is 11.9 Å². The van der Waals surface area contributed by atoms with E-state index in [1.54, 1.807) is 18.2 Å². The number of cyclic esters (lactones) is 2. The van der Waals surface area contributed by atoms with Crippen LogP contribution in [0.2, 0.25) is 0 Å². The molecule has 2 rings (SSSR count). The molecule has 4 heteroatoms. The van der Waals surface area contributed by atoms with Gasteiger partial charge in [0, 0.05) is 0 Å². The highest BCUT2D eigenvalue weighted by Crippen LogP contribution is 2.30. The average molecular weight is 165 g/mol. The molecule has 0 amide bonds. The van der Waals surface area contributed by atoms with Gasteiger partial charge in [0.1, 0.15) is 5.92 Å². The summed E-state index contributed by atoms with van der Waals surface area (Å²) in [7, 11) is 0. The Morgan fingerprint density at radius 2 is 2.17 bits per heavy atom. The zero-order chi connectivity index (χ0) is 8.77. The molecule has 2 unspecified atom stereocenters. The fourth-order valence-corrected chi connectivity index (χ4v) is 1.36.